The molecule has 0 spiro atoms. The largest absolute Gasteiger partial charge is 0.630 e. The highest BCUT2D eigenvalue weighted by Crippen LogP contribution is 2.52. The summed E-state index contributed by atoms with van der Waals surface area (Å²) < 4.78 is 19.6. The summed E-state index contributed by atoms with van der Waals surface area (Å²) in [4.78, 5) is 12.7. The SMILES string of the molecule is C=C1C[N@+]2(C3CCC[C@@H]3OCc3ccccc3)CC(=O)O[B-]2([C@H](C)C[C@H](C)CC)O1. The van der Waals surface area contributed by atoms with Gasteiger partial charge in [-0.25, -0.2) is 0 Å². The molecule has 2 saturated heterocycles. The molecule has 2 aliphatic heterocycles. The second-order valence-electron chi connectivity index (χ2n) is 9.85. The van der Waals surface area contributed by atoms with E-state index in [0.29, 0.717) is 30.0 Å². The molecule has 3 fully saturated rings. The van der Waals surface area contributed by atoms with Crippen LogP contribution in [0.15, 0.2) is 42.7 Å². The number of hydrogen-bond donors (Lipinski definition) is 0. The van der Waals surface area contributed by atoms with Crippen LogP contribution in [-0.2, 0) is 25.4 Å². The third-order valence-corrected chi connectivity index (χ3v) is 7.82. The molecule has 1 aromatic rings. The van der Waals surface area contributed by atoms with E-state index in [4.69, 9.17) is 14.0 Å². The zero-order chi connectivity index (χ0) is 21.4. The summed E-state index contributed by atoms with van der Waals surface area (Å²) in [5.41, 5.74) is 1.18. The number of fused-ring (bicyclic) bond motifs is 1. The van der Waals surface area contributed by atoms with Crippen molar-refractivity contribution in [1.82, 2.24) is 0 Å². The van der Waals surface area contributed by atoms with Gasteiger partial charge in [0.05, 0.1) is 25.0 Å². The Balaban J connectivity index is 1.61. The Kier molecular flexibility index (Phi) is 6.00. The van der Waals surface area contributed by atoms with E-state index in [1.54, 1.807) is 0 Å². The number of carbonyl (C=O) groups excluding carboxylic acids is 1. The second kappa shape index (κ2) is 8.39. The molecule has 164 valence electrons. The van der Waals surface area contributed by atoms with Crippen LogP contribution in [0.4, 0.5) is 0 Å². The number of carbonyl (C=O) groups is 1. The molecule has 0 N–H and O–H groups in total. The van der Waals surface area contributed by atoms with E-state index in [0.717, 1.165) is 37.9 Å². The number of ether oxygens (including phenoxy) is 1. The van der Waals surface area contributed by atoms with E-state index in [1.807, 2.05) is 18.2 Å². The van der Waals surface area contributed by atoms with Crippen molar-refractivity contribution in [2.24, 2.45) is 5.92 Å². The average molecular weight is 413 g/mol. The van der Waals surface area contributed by atoms with Crippen molar-refractivity contribution in [3.05, 3.63) is 48.2 Å². The lowest BCUT2D eigenvalue weighted by Gasteiger charge is -2.52. The Labute approximate surface area is 181 Å². The van der Waals surface area contributed by atoms with E-state index in [9.17, 15) is 4.79 Å². The summed E-state index contributed by atoms with van der Waals surface area (Å²) >= 11 is 0. The molecule has 30 heavy (non-hydrogen) atoms. The van der Waals surface area contributed by atoms with Crippen LogP contribution in [0.1, 0.15) is 58.4 Å². The maximum absolute atomic E-state index is 12.7. The lowest BCUT2D eigenvalue weighted by Crippen LogP contribution is -2.70. The fourth-order valence-electron chi connectivity index (χ4n) is 6.30. The molecule has 1 aromatic carbocycles. The van der Waals surface area contributed by atoms with Gasteiger partial charge in [-0.15, -0.1) is 0 Å². The minimum atomic E-state index is -1.82. The first-order chi connectivity index (χ1) is 14.4. The first kappa shape index (κ1) is 21.4. The summed E-state index contributed by atoms with van der Waals surface area (Å²) in [6.45, 7) is 10.7. The predicted molar refractivity (Wildman–Crippen MR) is 118 cm³/mol. The standard InChI is InChI=1S/C24H36BNO4/c1-5-18(2)14-19(3)25-26(15-20(4)29-25,16-24(27)30-25)22-12-9-13-23(22)28-17-21-10-7-6-8-11-21/h6-8,10-11,18-19,22-23H,4-5,9,12-17H2,1-3H3/t18-,19-,22?,23+,25?,26-/m1/s1. The Morgan fingerprint density at radius 3 is 2.70 bits per heavy atom. The predicted octanol–water partition coefficient (Wildman–Crippen LogP) is 4.81. The van der Waals surface area contributed by atoms with Crippen LogP contribution in [0, 0.1) is 5.92 Å². The zero-order valence-electron chi connectivity index (χ0n) is 18.7. The van der Waals surface area contributed by atoms with Crippen molar-refractivity contribution in [1.29, 1.82) is 0 Å². The average Bonchev–Trinajstić information content (AvgIpc) is 3.37. The summed E-state index contributed by atoms with van der Waals surface area (Å²) in [5.74, 6) is 1.34. The number of rotatable bonds is 8. The molecule has 1 saturated carbocycles. The van der Waals surface area contributed by atoms with Gasteiger partial charge in [0.1, 0.15) is 12.6 Å². The molecule has 4 rings (SSSR count). The van der Waals surface area contributed by atoms with Gasteiger partial charge in [0, 0.05) is 0 Å². The summed E-state index contributed by atoms with van der Waals surface area (Å²) in [6.07, 6.45) is 5.36. The van der Waals surface area contributed by atoms with Crippen LogP contribution in [0.25, 0.3) is 0 Å². The minimum Gasteiger partial charge on any atom is -0.630 e. The van der Waals surface area contributed by atoms with Gasteiger partial charge in [-0.1, -0.05) is 70.5 Å². The molecule has 2 unspecified atom stereocenters. The summed E-state index contributed by atoms with van der Waals surface area (Å²) in [5, 5.41) is 0. The fourth-order valence-corrected chi connectivity index (χ4v) is 6.30. The third kappa shape index (κ3) is 3.58. The van der Waals surface area contributed by atoms with Crippen LogP contribution in [0.3, 0.4) is 0 Å². The maximum Gasteiger partial charge on any atom is 0.585 e. The zero-order valence-corrected chi connectivity index (χ0v) is 18.7. The van der Waals surface area contributed by atoms with Crippen LogP contribution >= 0.6 is 0 Å². The lowest BCUT2D eigenvalue weighted by atomic mass is 9.53. The van der Waals surface area contributed by atoms with Gasteiger partial charge in [0.2, 0.25) is 0 Å². The van der Waals surface area contributed by atoms with E-state index in [1.165, 1.54) is 5.56 Å². The molecule has 5 nitrogen and oxygen atoms in total. The number of hydrogen-bond acceptors (Lipinski definition) is 4. The van der Waals surface area contributed by atoms with Crippen LogP contribution in [0.2, 0.25) is 5.82 Å². The normalized spacial score (nSPS) is 35.0. The highest BCUT2D eigenvalue weighted by atomic mass is 16.7. The van der Waals surface area contributed by atoms with E-state index in [-0.39, 0.29) is 23.9 Å². The van der Waals surface area contributed by atoms with Gasteiger partial charge < -0.3 is 18.4 Å². The van der Waals surface area contributed by atoms with Gasteiger partial charge in [0.15, 0.2) is 0 Å². The van der Waals surface area contributed by atoms with Crippen molar-refractivity contribution in [2.45, 2.75) is 77.4 Å². The molecule has 0 bridgehead atoms. The van der Waals surface area contributed by atoms with E-state index in [2.05, 4.69) is 39.5 Å². The van der Waals surface area contributed by atoms with Crippen LogP contribution in [0.5, 0.6) is 0 Å². The van der Waals surface area contributed by atoms with Crippen LogP contribution in [-0.4, -0.2) is 42.3 Å². The third-order valence-electron chi connectivity index (χ3n) is 7.82. The Morgan fingerprint density at radius 2 is 1.97 bits per heavy atom. The van der Waals surface area contributed by atoms with Crippen molar-refractivity contribution < 1.29 is 23.2 Å². The van der Waals surface area contributed by atoms with Crippen molar-refractivity contribution in [2.75, 3.05) is 13.1 Å². The number of benzene rings is 1. The van der Waals surface area contributed by atoms with E-state index >= 15 is 0 Å². The molecule has 0 amide bonds. The second-order valence-corrected chi connectivity index (χ2v) is 9.85. The molecule has 6 atom stereocenters. The van der Waals surface area contributed by atoms with Crippen LogP contribution < -0.4 is 0 Å². The highest BCUT2D eigenvalue weighted by Gasteiger charge is 2.71. The van der Waals surface area contributed by atoms with Gasteiger partial charge >= 0.3 is 12.7 Å². The van der Waals surface area contributed by atoms with Crippen molar-refractivity contribution >= 4 is 12.7 Å². The molecule has 1 aliphatic carbocycles. The number of quaternary nitrogens is 1. The first-order valence-corrected chi connectivity index (χ1v) is 11.7. The smallest absolute Gasteiger partial charge is 0.585 e. The number of nitrogens with zero attached hydrogens (tertiary/aromatic N) is 1. The molecule has 3 aliphatic rings. The van der Waals surface area contributed by atoms with Gasteiger partial charge in [-0.3, -0.25) is 4.79 Å². The Bertz CT molecular complexity index is 763. The molecular formula is C24H36BNO4. The molecule has 0 radical (unpaired) electrons. The molecule has 2 heterocycles. The van der Waals surface area contributed by atoms with Crippen molar-refractivity contribution in [3.63, 3.8) is 0 Å². The summed E-state index contributed by atoms with van der Waals surface area (Å²) in [7, 11) is 0. The molecular weight excluding hydrogens is 377 g/mol. The highest BCUT2D eigenvalue weighted by molar-refractivity contribution is 6.65. The first-order valence-electron chi connectivity index (χ1n) is 11.7. The molecule has 0 aromatic heterocycles. The minimum absolute atomic E-state index is 0.103. The van der Waals surface area contributed by atoms with Gasteiger partial charge in [-0.05, 0) is 36.6 Å². The quantitative estimate of drug-likeness (QED) is 0.574. The van der Waals surface area contributed by atoms with E-state index < -0.39 is 6.69 Å². The summed E-state index contributed by atoms with van der Waals surface area (Å²) in [6, 6.07) is 10.5. The van der Waals surface area contributed by atoms with Crippen molar-refractivity contribution in [3.8, 4) is 0 Å². The lowest BCUT2D eigenvalue weighted by molar-refractivity contribution is -0.848. The van der Waals surface area contributed by atoms with Gasteiger partial charge in [-0.2, -0.15) is 0 Å². The molecule has 6 heteroatoms. The topological polar surface area (TPSA) is 44.8 Å². The Morgan fingerprint density at radius 1 is 1.20 bits per heavy atom. The van der Waals surface area contributed by atoms with Gasteiger partial charge in [0.25, 0.3) is 0 Å². The monoisotopic (exact) mass is 413 g/mol. The fraction of sp³-hybridized carbons (Fsp3) is 0.625. The Hall–Kier alpha value is -1.79. The maximum atomic E-state index is 12.7.